The molecule has 1 N–H and O–H groups in total. The van der Waals surface area contributed by atoms with Gasteiger partial charge in [-0.2, -0.15) is 0 Å². The van der Waals surface area contributed by atoms with Crippen LogP contribution in [0.5, 0.6) is 0 Å². The number of rotatable bonds is 4. The van der Waals surface area contributed by atoms with Crippen molar-refractivity contribution < 1.29 is 8.63 Å². The van der Waals surface area contributed by atoms with E-state index in [1.807, 2.05) is 13.0 Å². The van der Waals surface area contributed by atoms with Gasteiger partial charge in [0.2, 0.25) is 5.95 Å². The molecule has 1 fully saturated rings. The molecule has 3 heterocycles. The smallest absolute Gasteiger partial charge is 0.225 e. The Morgan fingerprint density at radius 3 is 2.50 bits per heavy atom. The van der Waals surface area contributed by atoms with Crippen LogP contribution in [0.2, 0.25) is 0 Å². The Morgan fingerprint density at radius 2 is 1.86 bits per heavy atom. The van der Waals surface area contributed by atoms with E-state index in [2.05, 4.69) is 43.8 Å². The summed E-state index contributed by atoms with van der Waals surface area (Å²) in [6.45, 7) is 7.49. The average molecular weight is 401 g/mol. The summed E-state index contributed by atoms with van der Waals surface area (Å²) in [6.07, 6.45) is 4.38. The fourth-order valence-corrected chi connectivity index (χ4v) is 4.02. The summed E-state index contributed by atoms with van der Waals surface area (Å²) >= 11 is 0. The summed E-state index contributed by atoms with van der Waals surface area (Å²) in [6, 6.07) is 6.48. The normalized spacial score (nSPS) is 18.9. The minimum Gasteiger partial charge on any atom is -0.441 e. The summed E-state index contributed by atoms with van der Waals surface area (Å²) in [5.41, 5.74) is 2.95. The van der Waals surface area contributed by atoms with Crippen LogP contribution >= 0.6 is 0 Å². The van der Waals surface area contributed by atoms with E-state index in [9.17, 15) is 4.21 Å². The van der Waals surface area contributed by atoms with E-state index >= 15 is 0 Å². The third kappa shape index (κ3) is 3.72. The molecule has 2 atom stereocenters. The number of fused-ring (bicyclic) bond motifs is 1. The largest absolute Gasteiger partial charge is 0.441 e. The third-order valence-electron chi connectivity index (χ3n) is 5.21. The van der Waals surface area contributed by atoms with Crippen LogP contribution in [0.4, 0.5) is 5.95 Å². The SMILES string of the molecule is Cc1nc2cc(C(C)N3CCN(c4ncc(S(C)(=N)=O)cn4)CC3)ccc2o1. The van der Waals surface area contributed by atoms with Crippen LogP contribution < -0.4 is 4.90 Å². The van der Waals surface area contributed by atoms with E-state index in [4.69, 9.17) is 9.20 Å². The minimum atomic E-state index is -2.78. The second-order valence-electron chi connectivity index (χ2n) is 7.22. The Bertz CT molecular complexity index is 1090. The Labute approximate surface area is 164 Å². The second-order valence-corrected chi connectivity index (χ2v) is 9.38. The van der Waals surface area contributed by atoms with Crippen molar-refractivity contribution in [2.75, 3.05) is 37.3 Å². The highest BCUT2D eigenvalue weighted by molar-refractivity contribution is 7.91. The first-order chi connectivity index (χ1) is 13.3. The molecule has 2 aromatic heterocycles. The number of aryl methyl sites for hydroxylation is 1. The van der Waals surface area contributed by atoms with Gasteiger partial charge in [0, 0.05) is 57.8 Å². The van der Waals surface area contributed by atoms with E-state index in [-0.39, 0.29) is 6.04 Å². The second kappa shape index (κ2) is 7.14. The van der Waals surface area contributed by atoms with E-state index < -0.39 is 9.73 Å². The highest BCUT2D eigenvalue weighted by atomic mass is 32.2. The molecule has 1 aliphatic heterocycles. The van der Waals surface area contributed by atoms with E-state index in [1.54, 1.807) is 0 Å². The lowest BCUT2D eigenvalue weighted by Crippen LogP contribution is -2.47. The van der Waals surface area contributed by atoms with Gasteiger partial charge in [-0.25, -0.2) is 23.9 Å². The van der Waals surface area contributed by atoms with Gasteiger partial charge >= 0.3 is 0 Å². The first-order valence-corrected chi connectivity index (χ1v) is 11.2. The van der Waals surface area contributed by atoms with Gasteiger partial charge in [-0.3, -0.25) is 4.90 Å². The van der Waals surface area contributed by atoms with E-state index in [0.29, 0.717) is 16.7 Å². The predicted octanol–water partition coefficient (Wildman–Crippen LogP) is 2.84. The van der Waals surface area contributed by atoms with Crippen LogP contribution in [-0.4, -0.2) is 56.5 Å². The molecule has 9 heteroatoms. The molecule has 1 aromatic carbocycles. The molecule has 2 unspecified atom stereocenters. The first kappa shape index (κ1) is 18.8. The quantitative estimate of drug-likeness (QED) is 0.719. The molecule has 0 spiro atoms. The van der Waals surface area contributed by atoms with Crippen molar-refractivity contribution in [3.63, 3.8) is 0 Å². The van der Waals surface area contributed by atoms with Crippen LogP contribution in [0.15, 0.2) is 39.9 Å². The zero-order valence-corrected chi connectivity index (χ0v) is 17.1. The molecule has 148 valence electrons. The van der Waals surface area contributed by atoms with Crippen molar-refractivity contribution in [2.45, 2.75) is 24.8 Å². The van der Waals surface area contributed by atoms with Crippen LogP contribution in [0.3, 0.4) is 0 Å². The molecule has 8 nitrogen and oxygen atoms in total. The van der Waals surface area contributed by atoms with Crippen LogP contribution in [-0.2, 0) is 9.73 Å². The van der Waals surface area contributed by atoms with Gasteiger partial charge < -0.3 is 9.32 Å². The zero-order valence-electron chi connectivity index (χ0n) is 16.3. The predicted molar refractivity (Wildman–Crippen MR) is 108 cm³/mol. The lowest BCUT2D eigenvalue weighted by Gasteiger charge is -2.38. The van der Waals surface area contributed by atoms with Gasteiger partial charge in [0.25, 0.3) is 0 Å². The number of benzene rings is 1. The molecule has 28 heavy (non-hydrogen) atoms. The monoisotopic (exact) mass is 400 g/mol. The molecule has 0 bridgehead atoms. The number of nitrogens with one attached hydrogen (secondary N) is 1. The highest BCUT2D eigenvalue weighted by Crippen LogP contribution is 2.26. The fourth-order valence-electron chi connectivity index (χ4n) is 3.51. The maximum Gasteiger partial charge on any atom is 0.225 e. The number of anilines is 1. The van der Waals surface area contributed by atoms with Gasteiger partial charge in [-0.15, -0.1) is 0 Å². The Hall–Kier alpha value is -2.52. The maximum absolute atomic E-state index is 11.8. The van der Waals surface area contributed by atoms with Gasteiger partial charge in [0.05, 0.1) is 14.6 Å². The summed E-state index contributed by atoms with van der Waals surface area (Å²) in [4.78, 5) is 18.0. The van der Waals surface area contributed by atoms with E-state index in [0.717, 1.165) is 37.3 Å². The highest BCUT2D eigenvalue weighted by Gasteiger charge is 2.24. The first-order valence-electron chi connectivity index (χ1n) is 9.23. The van der Waals surface area contributed by atoms with Gasteiger partial charge in [0.15, 0.2) is 11.5 Å². The maximum atomic E-state index is 11.8. The number of hydrogen-bond acceptors (Lipinski definition) is 8. The van der Waals surface area contributed by atoms with Gasteiger partial charge in [0.1, 0.15) is 5.52 Å². The van der Waals surface area contributed by atoms with Crippen LogP contribution in [0, 0.1) is 11.7 Å². The molecule has 0 amide bonds. The molecule has 1 aliphatic rings. The topological polar surface area (TPSA) is 99.2 Å². The molecular formula is C19H24N6O2S. The number of piperazine rings is 1. The molecule has 0 saturated carbocycles. The number of nitrogens with zero attached hydrogens (tertiary/aromatic N) is 5. The number of oxazole rings is 1. The molecule has 3 aromatic rings. The van der Waals surface area contributed by atoms with Crippen molar-refractivity contribution in [3.8, 4) is 0 Å². The molecule has 1 saturated heterocycles. The summed E-state index contributed by atoms with van der Waals surface area (Å²) in [7, 11) is -2.78. The van der Waals surface area contributed by atoms with E-state index in [1.165, 1.54) is 24.2 Å². The van der Waals surface area contributed by atoms with Gasteiger partial charge in [-0.05, 0) is 24.6 Å². The van der Waals surface area contributed by atoms with Crippen molar-refractivity contribution in [2.24, 2.45) is 0 Å². The lowest BCUT2D eigenvalue weighted by atomic mass is 10.1. The summed E-state index contributed by atoms with van der Waals surface area (Å²) in [5, 5.41) is 0. The Morgan fingerprint density at radius 1 is 1.18 bits per heavy atom. The third-order valence-corrected chi connectivity index (χ3v) is 6.32. The minimum absolute atomic E-state index is 0.278. The van der Waals surface area contributed by atoms with Crippen molar-refractivity contribution in [1.29, 1.82) is 4.78 Å². The zero-order chi connectivity index (χ0) is 19.9. The standard InChI is InChI=1S/C19H24N6O2S/c1-13(15-4-5-18-17(10-15)23-14(2)27-18)24-6-8-25(9-7-24)19-21-11-16(12-22-19)28(3,20)26/h4-5,10-13,20H,6-9H2,1-3H3. The van der Waals surface area contributed by atoms with Crippen LogP contribution in [0.25, 0.3) is 11.1 Å². The summed E-state index contributed by atoms with van der Waals surface area (Å²) in [5.74, 6) is 1.31. The van der Waals surface area contributed by atoms with Gasteiger partial charge in [-0.1, -0.05) is 6.07 Å². The summed E-state index contributed by atoms with van der Waals surface area (Å²) < 4.78 is 24.9. The molecule has 0 aliphatic carbocycles. The Balaban J connectivity index is 1.42. The Kier molecular flexibility index (Phi) is 4.80. The molecule has 4 rings (SSSR count). The number of aromatic nitrogens is 3. The van der Waals surface area contributed by atoms with Crippen molar-refractivity contribution >= 4 is 26.8 Å². The van der Waals surface area contributed by atoms with Crippen molar-refractivity contribution in [1.82, 2.24) is 19.9 Å². The fraction of sp³-hybridized carbons (Fsp3) is 0.421. The molecule has 0 radical (unpaired) electrons. The van der Waals surface area contributed by atoms with Crippen LogP contribution in [0.1, 0.15) is 24.4 Å². The number of hydrogen-bond donors (Lipinski definition) is 1. The van der Waals surface area contributed by atoms with Crippen molar-refractivity contribution in [3.05, 3.63) is 42.0 Å². The average Bonchev–Trinajstić information content (AvgIpc) is 3.06. The molecular weight excluding hydrogens is 376 g/mol. The lowest BCUT2D eigenvalue weighted by molar-refractivity contribution is 0.198.